The van der Waals surface area contributed by atoms with Gasteiger partial charge in [0.15, 0.2) is 0 Å². The monoisotopic (exact) mass is 287 g/mol. The molecular formula is C17H21NO3. The van der Waals surface area contributed by atoms with Crippen molar-refractivity contribution in [3.8, 4) is 0 Å². The standard InChI is InChI=1S/C17H21NO3/c1-10-5-11-9-18-15(20-2)8-17-7-12(19)3-4-14(17)21-13(6-10)16(11)17/h4,8-10,12-13,19H,3,5-7H2,1-2H3. The molecule has 0 aromatic heterocycles. The predicted molar refractivity (Wildman–Crippen MR) is 79.6 cm³/mol. The number of aliphatic hydroxyl groups excluding tert-OH is 1. The summed E-state index contributed by atoms with van der Waals surface area (Å²) in [6.45, 7) is 2.26. The molecule has 4 rings (SSSR count). The molecule has 4 atom stereocenters. The summed E-state index contributed by atoms with van der Waals surface area (Å²) in [6.07, 6.45) is 9.23. The van der Waals surface area contributed by atoms with Crippen molar-refractivity contribution in [3.05, 3.63) is 34.9 Å². The number of rotatable bonds is 1. The molecule has 4 nitrogen and oxygen atoms in total. The van der Waals surface area contributed by atoms with E-state index in [1.165, 1.54) is 11.1 Å². The summed E-state index contributed by atoms with van der Waals surface area (Å²) in [5.41, 5.74) is 2.22. The molecule has 0 amide bonds. The summed E-state index contributed by atoms with van der Waals surface area (Å²) < 4.78 is 11.7. The van der Waals surface area contributed by atoms with E-state index in [4.69, 9.17) is 9.47 Å². The Kier molecular flexibility index (Phi) is 2.80. The SMILES string of the molecule is COC1=CC23CC(O)CC=C2OC2CC(C)CC(=C23)C=N1. The molecule has 112 valence electrons. The smallest absolute Gasteiger partial charge is 0.210 e. The van der Waals surface area contributed by atoms with E-state index in [1.54, 1.807) is 7.11 Å². The molecule has 4 unspecified atom stereocenters. The Hall–Kier alpha value is -1.55. The van der Waals surface area contributed by atoms with E-state index >= 15 is 0 Å². The lowest BCUT2D eigenvalue weighted by molar-refractivity contribution is 0.106. The molecule has 0 bridgehead atoms. The Morgan fingerprint density at radius 1 is 1.48 bits per heavy atom. The summed E-state index contributed by atoms with van der Waals surface area (Å²) in [6, 6.07) is 0. The van der Waals surface area contributed by atoms with Gasteiger partial charge in [-0.05, 0) is 54.9 Å². The van der Waals surface area contributed by atoms with Crippen molar-refractivity contribution >= 4 is 6.21 Å². The first-order valence-corrected chi connectivity index (χ1v) is 7.72. The van der Waals surface area contributed by atoms with Crippen molar-refractivity contribution in [1.82, 2.24) is 0 Å². The van der Waals surface area contributed by atoms with Gasteiger partial charge in [-0.15, -0.1) is 0 Å². The van der Waals surface area contributed by atoms with Crippen LogP contribution in [-0.4, -0.2) is 30.6 Å². The van der Waals surface area contributed by atoms with Crippen molar-refractivity contribution in [2.24, 2.45) is 16.3 Å². The Labute approximate surface area is 124 Å². The quantitative estimate of drug-likeness (QED) is 0.806. The summed E-state index contributed by atoms with van der Waals surface area (Å²) >= 11 is 0. The Morgan fingerprint density at radius 3 is 3.14 bits per heavy atom. The first-order valence-electron chi connectivity index (χ1n) is 7.72. The number of methoxy groups -OCH3 is 1. The molecule has 4 aliphatic rings. The average Bonchev–Trinajstić information content (AvgIpc) is 2.66. The van der Waals surface area contributed by atoms with Gasteiger partial charge in [0.2, 0.25) is 5.88 Å². The van der Waals surface area contributed by atoms with Crippen LogP contribution in [0.5, 0.6) is 0 Å². The molecule has 0 radical (unpaired) electrons. The topological polar surface area (TPSA) is 51.0 Å². The molecule has 0 aromatic rings. The molecule has 4 heteroatoms. The molecule has 0 aromatic carbocycles. The Balaban J connectivity index is 1.94. The van der Waals surface area contributed by atoms with Crippen LogP contribution in [0.1, 0.15) is 32.6 Å². The van der Waals surface area contributed by atoms with E-state index in [1.807, 2.05) is 6.21 Å². The Bertz CT molecular complexity index is 601. The fourth-order valence-electron chi connectivity index (χ4n) is 4.30. The van der Waals surface area contributed by atoms with E-state index < -0.39 is 0 Å². The van der Waals surface area contributed by atoms with Gasteiger partial charge in [-0.1, -0.05) is 6.92 Å². The predicted octanol–water partition coefficient (Wildman–Crippen LogP) is 2.71. The van der Waals surface area contributed by atoms with Gasteiger partial charge in [-0.2, -0.15) is 0 Å². The van der Waals surface area contributed by atoms with Gasteiger partial charge in [-0.3, -0.25) is 0 Å². The summed E-state index contributed by atoms with van der Waals surface area (Å²) in [4.78, 5) is 4.48. The van der Waals surface area contributed by atoms with Crippen LogP contribution in [-0.2, 0) is 9.47 Å². The highest BCUT2D eigenvalue weighted by molar-refractivity contribution is 5.83. The van der Waals surface area contributed by atoms with Crippen LogP contribution in [0.2, 0.25) is 0 Å². The third-order valence-electron chi connectivity index (χ3n) is 5.10. The molecule has 1 fully saturated rings. The second kappa shape index (κ2) is 4.47. The van der Waals surface area contributed by atoms with E-state index in [0.717, 1.165) is 18.6 Å². The Morgan fingerprint density at radius 2 is 2.33 bits per heavy atom. The number of nitrogens with zero attached hydrogens (tertiary/aromatic N) is 1. The first-order chi connectivity index (χ1) is 10.1. The second-order valence-corrected chi connectivity index (χ2v) is 6.67. The zero-order chi connectivity index (χ0) is 14.6. The molecule has 0 saturated carbocycles. The first kappa shape index (κ1) is 13.1. The lowest BCUT2D eigenvalue weighted by Crippen LogP contribution is -2.32. The van der Waals surface area contributed by atoms with Gasteiger partial charge in [0.05, 0.1) is 18.6 Å². The maximum Gasteiger partial charge on any atom is 0.210 e. The highest BCUT2D eigenvalue weighted by atomic mass is 16.5. The molecule has 21 heavy (non-hydrogen) atoms. The zero-order valence-electron chi connectivity index (χ0n) is 12.5. The van der Waals surface area contributed by atoms with Gasteiger partial charge in [0.1, 0.15) is 11.9 Å². The van der Waals surface area contributed by atoms with Gasteiger partial charge < -0.3 is 14.6 Å². The van der Waals surface area contributed by atoms with Crippen molar-refractivity contribution in [1.29, 1.82) is 0 Å². The van der Waals surface area contributed by atoms with Crippen molar-refractivity contribution in [2.75, 3.05) is 7.11 Å². The van der Waals surface area contributed by atoms with Crippen molar-refractivity contribution in [3.63, 3.8) is 0 Å². The summed E-state index contributed by atoms with van der Waals surface area (Å²) in [7, 11) is 1.64. The van der Waals surface area contributed by atoms with E-state index in [2.05, 4.69) is 24.1 Å². The van der Waals surface area contributed by atoms with Crippen LogP contribution in [0, 0.1) is 11.3 Å². The third kappa shape index (κ3) is 1.81. The highest BCUT2D eigenvalue weighted by Gasteiger charge is 2.54. The largest absolute Gasteiger partial charge is 0.489 e. The highest BCUT2D eigenvalue weighted by Crippen LogP contribution is 2.58. The number of aliphatic hydroxyl groups is 1. The van der Waals surface area contributed by atoms with Crippen LogP contribution >= 0.6 is 0 Å². The number of allylic oxidation sites excluding steroid dienone is 2. The number of ether oxygens (including phenoxy) is 2. The van der Waals surface area contributed by atoms with Gasteiger partial charge >= 0.3 is 0 Å². The van der Waals surface area contributed by atoms with Crippen LogP contribution in [0.25, 0.3) is 0 Å². The van der Waals surface area contributed by atoms with E-state index in [9.17, 15) is 5.11 Å². The maximum absolute atomic E-state index is 10.2. The fraction of sp³-hybridized carbons (Fsp3) is 0.588. The molecule has 1 spiro atoms. The van der Waals surface area contributed by atoms with Crippen molar-refractivity contribution in [2.45, 2.75) is 44.8 Å². The van der Waals surface area contributed by atoms with Gasteiger partial charge in [-0.25, -0.2) is 4.99 Å². The molecular weight excluding hydrogens is 266 g/mol. The molecule has 1 N–H and O–H groups in total. The minimum absolute atomic E-state index is 0.124. The zero-order valence-corrected chi connectivity index (χ0v) is 12.5. The number of hydrogen-bond acceptors (Lipinski definition) is 4. The minimum Gasteiger partial charge on any atom is -0.489 e. The van der Waals surface area contributed by atoms with E-state index in [0.29, 0.717) is 24.6 Å². The third-order valence-corrected chi connectivity index (χ3v) is 5.10. The molecule has 2 aliphatic carbocycles. The lowest BCUT2D eigenvalue weighted by Gasteiger charge is -2.34. The maximum atomic E-state index is 10.2. The fourth-order valence-corrected chi connectivity index (χ4v) is 4.30. The van der Waals surface area contributed by atoms with Gasteiger partial charge in [0, 0.05) is 6.21 Å². The van der Waals surface area contributed by atoms with Crippen molar-refractivity contribution < 1.29 is 14.6 Å². The minimum atomic E-state index is -0.348. The van der Waals surface area contributed by atoms with Crippen LogP contribution in [0.4, 0.5) is 0 Å². The molecule has 1 saturated heterocycles. The summed E-state index contributed by atoms with van der Waals surface area (Å²) in [5.74, 6) is 2.19. The summed E-state index contributed by atoms with van der Waals surface area (Å²) in [5, 5.41) is 10.2. The average molecular weight is 287 g/mol. The van der Waals surface area contributed by atoms with E-state index in [-0.39, 0.29) is 17.6 Å². The lowest BCUT2D eigenvalue weighted by atomic mass is 9.66. The number of hydrogen-bond donors (Lipinski definition) is 1. The van der Waals surface area contributed by atoms with Crippen LogP contribution < -0.4 is 0 Å². The van der Waals surface area contributed by atoms with Crippen LogP contribution in [0.15, 0.2) is 39.9 Å². The molecule has 2 heterocycles. The molecule has 2 aliphatic heterocycles. The second-order valence-electron chi connectivity index (χ2n) is 6.67. The normalized spacial score (nSPS) is 40.6. The van der Waals surface area contributed by atoms with Crippen LogP contribution in [0.3, 0.4) is 0 Å². The number of aliphatic imine (C=N–C) groups is 1. The van der Waals surface area contributed by atoms with Gasteiger partial charge in [0.25, 0.3) is 0 Å².